The zero-order valence-electron chi connectivity index (χ0n) is 19.4. The Labute approximate surface area is 241 Å². The number of allylic oxidation sites excluding steroid dienone is 4. The van der Waals surface area contributed by atoms with Crippen LogP contribution in [0.4, 0.5) is 17.6 Å². The molecular weight excluding hydrogens is 617 g/mol. The molecule has 6 rings (SSSR count). The number of amides is 2. The number of carbonyl (C=O) groups is 2. The van der Waals surface area contributed by atoms with Gasteiger partial charge in [-0.25, -0.2) is 0 Å². The maximum Gasteiger partial charge on any atom is 0.301 e. The van der Waals surface area contributed by atoms with E-state index < -0.39 is 23.7 Å². The fraction of sp³-hybridized carbons (Fsp3) is 0.250. The number of rotatable bonds is 4. The van der Waals surface area contributed by atoms with Crippen LogP contribution >= 0.6 is 70.6 Å². The van der Waals surface area contributed by atoms with Crippen LogP contribution in [0.2, 0.25) is 0 Å². The molecule has 2 saturated heterocycles. The first kappa shape index (κ1) is 26.4. The first-order chi connectivity index (χ1) is 17.9. The van der Waals surface area contributed by atoms with Gasteiger partial charge in [-0.15, -0.1) is 22.7 Å². The second-order valence-electron chi connectivity index (χ2n) is 8.54. The van der Waals surface area contributed by atoms with Crippen LogP contribution in [0.25, 0.3) is 21.6 Å². The first-order valence-electron chi connectivity index (χ1n) is 11.2. The van der Waals surface area contributed by atoms with Gasteiger partial charge < -0.3 is 0 Å². The van der Waals surface area contributed by atoms with E-state index in [1.807, 2.05) is 0 Å². The summed E-state index contributed by atoms with van der Waals surface area (Å²) >= 11 is 14.0. The maximum atomic E-state index is 15.6. The Balaban J connectivity index is 1.38. The highest BCUT2D eigenvalue weighted by Gasteiger charge is 2.51. The third-order valence-electron chi connectivity index (χ3n) is 6.46. The molecule has 0 bridgehead atoms. The number of thiophene rings is 2. The molecule has 4 heterocycles. The van der Waals surface area contributed by atoms with Crippen molar-refractivity contribution in [3.8, 4) is 0 Å². The largest absolute Gasteiger partial charge is 0.301 e. The van der Waals surface area contributed by atoms with Gasteiger partial charge in [0, 0.05) is 34.0 Å². The number of alkyl halides is 4. The molecule has 2 aliphatic carbocycles. The molecule has 0 aromatic carbocycles. The molecule has 2 aromatic heterocycles. The summed E-state index contributed by atoms with van der Waals surface area (Å²) < 4.78 is 63.4. The SMILES string of the molecule is CCN1C(=O)/C(=C/C2=Cc3sc4c5c(sc4c3C2(F)F)C=C(/C=C2\SC(=S)N(CC)C2=O)C5(F)F)SC1=S. The fourth-order valence-electron chi connectivity index (χ4n) is 4.61. The van der Waals surface area contributed by atoms with Crippen molar-refractivity contribution in [3.63, 3.8) is 0 Å². The average Bonchev–Trinajstić information content (AvgIpc) is 3.60. The molecule has 4 nitrogen and oxygen atoms in total. The molecule has 38 heavy (non-hydrogen) atoms. The van der Waals surface area contributed by atoms with Crippen molar-refractivity contribution in [2.75, 3.05) is 13.1 Å². The number of hydrogen-bond donors (Lipinski definition) is 0. The van der Waals surface area contributed by atoms with Gasteiger partial charge in [-0.05, 0) is 38.2 Å². The molecular formula is C24H14F4N2O2S6. The first-order valence-corrected chi connectivity index (χ1v) is 15.3. The molecule has 2 amide bonds. The molecule has 0 unspecified atom stereocenters. The number of thiocarbonyl (C=S) groups is 2. The van der Waals surface area contributed by atoms with E-state index in [9.17, 15) is 9.59 Å². The van der Waals surface area contributed by atoms with Crippen molar-refractivity contribution in [1.29, 1.82) is 0 Å². The molecule has 2 aromatic rings. The summed E-state index contributed by atoms with van der Waals surface area (Å²) in [5.74, 6) is -7.78. The molecule has 0 saturated carbocycles. The van der Waals surface area contributed by atoms with Crippen molar-refractivity contribution in [2.45, 2.75) is 25.7 Å². The third kappa shape index (κ3) is 3.60. The normalized spacial score (nSPS) is 23.9. The summed E-state index contributed by atoms with van der Waals surface area (Å²) in [6.07, 6.45) is 4.81. The van der Waals surface area contributed by atoms with Crippen molar-refractivity contribution >= 4 is 113 Å². The van der Waals surface area contributed by atoms with Crippen LogP contribution in [0.15, 0.2) is 33.1 Å². The summed E-state index contributed by atoms with van der Waals surface area (Å²) in [4.78, 5) is 28.3. The van der Waals surface area contributed by atoms with Gasteiger partial charge in [0.25, 0.3) is 11.8 Å². The van der Waals surface area contributed by atoms with Gasteiger partial charge in [-0.3, -0.25) is 19.4 Å². The fourth-order valence-corrected chi connectivity index (χ4v) is 10.3. The van der Waals surface area contributed by atoms with Crippen molar-refractivity contribution in [1.82, 2.24) is 9.80 Å². The lowest BCUT2D eigenvalue weighted by atomic mass is 10.0. The molecule has 0 N–H and O–H groups in total. The second-order valence-corrected chi connectivity index (χ2v) is 14.0. The summed E-state index contributed by atoms with van der Waals surface area (Å²) in [7, 11) is 0. The van der Waals surface area contributed by atoms with E-state index in [2.05, 4.69) is 0 Å². The zero-order chi connectivity index (χ0) is 27.3. The predicted octanol–water partition coefficient (Wildman–Crippen LogP) is 7.47. The molecule has 0 spiro atoms. The number of likely N-dealkylation sites (N-methyl/N-ethyl adjacent to an activating group) is 2. The maximum absolute atomic E-state index is 15.6. The molecule has 2 aliphatic heterocycles. The average molecular weight is 631 g/mol. The van der Waals surface area contributed by atoms with E-state index >= 15 is 17.6 Å². The minimum Gasteiger partial charge on any atom is -0.293 e. The lowest BCUT2D eigenvalue weighted by molar-refractivity contribution is -0.122. The van der Waals surface area contributed by atoms with E-state index in [1.54, 1.807) is 13.8 Å². The Morgan fingerprint density at radius 2 is 1.13 bits per heavy atom. The van der Waals surface area contributed by atoms with E-state index in [4.69, 9.17) is 24.4 Å². The minimum atomic E-state index is -3.46. The molecule has 0 atom stereocenters. The van der Waals surface area contributed by atoms with Crippen molar-refractivity contribution < 1.29 is 27.2 Å². The summed E-state index contributed by atoms with van der Waals surface area (Å²) in [6, 6.07) is 0. The monoisotopic (exact) mass is 630 g/mol. The molecule has 14 heteroatoms. The molecule has 2 fully saturated rings. The number of hydrogen-bond acceptors (Lipinski definition) is 8. The van der Waals surface area contributed by atoms with Gasteiger partial charge in [0.05, 0.1) is 30.3 Å². The highest BCUT2D eigenvalue weighted by Crippen LogP contribution is 2.60. The van der Waals surface area contributed by atoms with E-state index in [-0.39, 0.29) is 51.2 Å². The van der Waals surface area contributed by atoms with Gasteiger partial charge in [-0.2, -0.15) is 17.6 Å². The third-order valence-corrected chi connectivity index (χ3v) is 11.6. The number of carbonyl (C=O) groups excluding carboxylic acids is 2. The highest BCUT2D eigenvalue weighted by molar-refractivity contribution is 8.27. The van der Waals surface area contributed by atoms with Crippen LogP contribution in [0.3, 0.4) is 0 Å². The molecule has 0 radical (unpaired) electrons. The lowest BCUT2D eigenvalue weighted by Gasteiger charge is -2.14. The van der Waals surface area contributed by atoms with Crippen molar-refractivity contribution in [2.24, 2.45) is 0 Å². The topological polar surface area (TPSA) is 40.6 Å². The summed E-state index contributed by atoms with van der Waals surface area (Å²) in [6.45, 7) is 4.16. The van der Waals surface area contributed by atoms with Crippen LogP contribution in [-0.4, -0.2) is 43.3 Å². The summed E-state index contributed by atoms with van der Waals surface area (Å²) in [5.41, 5.74) is -1.37. The number of thioether (sulfide) groups is 2. The second kappa shape index (κ2) is 8.83. The van der Waals surface area contributed by atoms with E-state index in [0.29, 0.717) is 21.7 Å². The number of nitrogens with zero attached hydrogens (tertiary/aromatic N) is 2. The van der Waals surface area contributed by atoms with Gasteiger partial charge in [0.2, 0.25) is 0 Å². The Hall–Kier alpha value is -1.84. The zero-order valence-corrected chi connectivity index (χ0v) is 24.3. The van der Waals surface area contributed by atoms with Gasteiger partial charge >= 0.3 is 11.8 Å². The molecule has 4 aliphatic rings. The number of fused-ring (bicyclic) bond motifs is 5. The minimum absolute atomic E-state index is 0.105. The quantitative estimate of drug-likeness (QED) is 0.198. The predicted molar refractivity (Wildman–Crippen MR) is 155 cm³/mol. The van der Waals surface area contributed by atoms with E-state index in [1.165, 1.54) is 22.0 Å². The molecule has 196 valence electrons. The van der Waals surface area contributed by atoms with Gasteiger partial charge in [-0.1, -0.05) is 48.0 Å². The van der Waals surface area contributed by atoms with Gasteiger partial charge in [0.1, 0.15) is 8.64 Å². The van der Waals surface area contributed by atoms with Crippen LogP contribution in [-0.2, 0) is 21.4 Å². The standard InChI is InChI=1S/C24H14F4N2O2S6/c1-3-29-19(31)13(37-21(29)33)7-9-5-11-15(23(9,25)26)17-18(35-11)16-12(36-17)6-10(24(16,27)28)8-14-20(32)30(4-2)22(34)38-14/h5-8H,3-4H2,1-2H3/b13-7-,14-8-. The van der Waals surface area contributed by atoms with Crippen LogP contribution in [0, 0.1) is 0 Å². The van der Waals surface area contributed by atoms with Crippen LogP contribution in [0.1, 0.15) is 34.7 Å². The van der Waals surface area contributed by atoms with Gasteiger partial charge in [0.15, 0.2) is 0 Å². The number of halogens is 4. The van der Waals surface area contributed by atoms with E-state index in [0.717, 1.165) is 58.3 Å². The summed E-state index contributed by atoms with van der Waals surface area (Å²) in [5, 5.41) is 0. The Morgan fingerprint density at radius 3 is 1.45 bits per heavy atom. The van der Waals surface area contributed by atoms with Crippen molar-refractivity contribution in [3.05, 3.63) is 54.0 Å². The lowest BCUT2D eigenvalue weighted by Crippen LogP contribution is -2.27. The Morgan fingerprint density at radius 1 is 0.763 bits per heavy atom. The highest BCUT2D eigenvalue weighted by atomic mass is 32.2. The van der Waals surface area contributed by atoms with Crippen LogP contribution in [0.5, 0.6) is 0 Å². The van der Waals surface area contributed by atoms with Crippen LogP contribution < -0.4 is 0 Å². The Kier molecular flexibility index (Phi) is 6.13. The Bertz CT molecular complexity index is 1520. The smallest absolute Gasteiger partial charge is 0.293 e.